The number of hydrogen-bond acceptors (Lipinski definition) is 3. The minimum atomic E-state index is -1.17. The van der Waals surface area contributed by atoms with Crippen molar-refractivity contribution in [3.63, 3.8) is 0 Å². The van der Waals surface area contributed by atoms with Crippen LogP contribution in [0.4, 0.5) is 0 Å². The average Bonchev–Trinajstić information content (AvgIpc) is 2.61. The highest BCUT2D eigenvalue weighted by atomic mass is 79.9. The number of carboxylic acid groups (broad SMARTS) is 1. The highest BCUT2D eigenvalue weighted by Crippen LogP contribution is 2.16. The van der Waals surface area contributed by atoms with E-state index in [4.69, 9.17) is 9.84 Å². The van der Waals surface area contributed by atoms with Gasteiger partial charge < -0.3 is 9.84 Å². The van der Waals surface area contributed by atoms with Gasteiger partial charge in [-0.15, -0.1) is 0 Å². The molecule has 2 aromatic rings. The zero-order chi connectivity index (χ0) is 18.1. The second kappa shape index (κ2) is 9.79. The van der Waals surface area contributed by atoms with E-state index < -0.39 is 11.9 Å². The molecule has 0 saturated carbocycles. The van der Waals surface area contributed by atoms with Crippen molar-refractivity contribution in [1.82, 2.24) is 0 Å². The lowest BCUT2D eigenvalue weighted by molar-refractivity contribution is -0.137. The predicted molar refractivity (Wildman–Crippen MR) is 100 cm³/mol. The van der Waals surface area contributed by atoms with E-state index in [2.05, 4.69) is 28.1 Å². The van der Waals surface area contributed by atoms with Gasteiger partial charge in [-0.2, -0.15) is 0 Å². The van der Waals surface area contributed by atoms with E-state index in [-0.39, 0.29) is 12.2 Å². The molecule has 0 saturated heterocycles. The molecule has 25 heavy (non-hydrogen) atoms. The second-order valence-corrected chi connectivity index (χ2v) is 6.40. The molecule has 130 valence electrons. The molecule has 0 fully saturated rings. The van der Waals surface area contributed by atoms with Crippen LogP contribution in [-0.4, -0.2) is 23.7 Å². The standard InChI is InChI=1S/C20H19BrO4/c21-17-11-9-15(10-12-17)6-4-5-13-25-20(24)18(14-19(22)23)16-7-2-1-3-8-16/h1-3,7-12,14H,4-6,13H2,(H,22,23)/b18-14+. The number of ether oxygens (including phenoxy) is 1. The minimum absolute atomic E-state index is 0.0565. The Morgan fingerprint density at radius 1 is 1.00 bits per heavy atom. The fourth-order valence-electron chi connectivity index (χ4n) is 2.33. The van der Waals surface area contributed by atoms with E-state index in [1.807, 2.05) is 12.1 Å². The van der Waals surface area contributed by atoms with Gasteiger partial charge in [0.15, 0.2) is 0 Å². The van der Waals surface area contributed by atoms with Crippen LogP contribution in [0.3, 0.4) is 0 Å². The van der Waals surface area contributed by atoms with Crippen molar-refractivity contribution in [3.8, 4) is 0 Å². The summed E-state index contributed by atoms with van der Waals surface area (Å²) < 4.78 is 6.28. The molecule has 1 N–H and O–H groups in total. The summed E-state index contributed by atoms with van der Waals surface area (Å²) in [5.74, 6) is -1.79. The Morgan fingerprint density at radius 3 is 2.32 bits per heavy atom. The molecule has 4 nitrogen and oxygen atoms in total. The predicted octanol–water partition coefficient (Wildman–Crippen LogP) is 4.48. The molecule has 0 aliphatic heterocycles. The Labute approximate surface area is 155 Å². The maximum atomic E-state index is 12.2. The van der Waals surface area contributed by atoms with Gasteiger partial charge >= 0.3 is 11.9 Å². The molecule has 2 aromatic carbocycles. The second-order valence-electron chi connectivity index (χ2n) is 5.48. The molecule has 0 radical (unpaired) electrons. The number of carbonyl (C=O) groups excluding carboxylic acids is 1. The Hall–Kier alpha value is -2.40. The third kappa shape index (κ3) is 6.55. The van der Waals surface area contributed by atoms with Crippen LogP contribution >= 0.6 is 15.9 Å². The third-order valence-corrected chi connectivity index (χ3v) is 4.11. The van der Waals surface area contributed by atoms with Gasteiger partial charge in [-0.05, 0) is 42.5 Å². The largest absolute Gasteiger partial charge is 0.478 e. The number of halogens is 1. The van der Waals surface area contributed by atoms with Gasteiger partial charge in [0.05, 0.1) is 12.2 Å². The van der Waals surface area contributed by atoms with E-state index in [1.54, 1.807) is 30.3 Å². The zero-order valence-electron chi connectivity index (χ0n) is 13.7. The van der Waals surface area contributed by atoms with Crippen LogP contribution in [0, 0.1) is 0 Å². The van der Waals surface area contributed by atoms with Crippen LogP contribution in [-0.2, 0) is 20.7 Å². The van der Waals surface area contributed by atoms with E-state index in [9.17, 15) is 9.59 Å². The molecule has 0 aliphatic rings. The lowest BCUT2D eigenvalue weighted by atomic mass is 10.1. The lowest BCUT2D eigenvalue weighted by Crippen LogP contribution is -2.10. The first-order chi connectivity index (χ1) is 12.1. The molecular weight excluding hydrogens is 384 g/mol. The Balaban J connectivity index is 1.83. The number of carbonyl (C=O) groups is 2. The topological polar surface area (TPSA) is 63.6 Å². The molecule has 2 rings (SSSR count). The Morgan fingerprint density at radius 2 is 1.68 bits per heavy atom. The fourth-order valence-corrected chi connectivity index (χ4v) is 2.59. The summed E-state index contributed by atoms with van der Waals surface area (Å²) in [5.41, 5.74) is 1.82. The maximum Gasteiger partial charge on any atom is 0.339 e. The van der Waals surface area contributed by atoms with Gasteiger partial charge in [0.2, 0.25) is 0 Å². The molecule has 5 heteroatoms. The summed E-state index contributed by atoms with van der Waals surface area (Å²) in [7, 11) is 0. The number of unbranched alkanes of at least 4 members (excludes halogenated alkanes) is 1. The number of aryl methyl sites for hydroxylation is 1. The van der Waals surface area contributed by atoms with Crippen molar-refractivity contribution in [2.24, 2.45) is 0 Å². The SMILES string of the molecule is O=C(O)/C=C(/C(=O)OCCCCc1ccc(Br)cc1)c1ccccc1. The highest BCUT2D eigenvalue weighted by molar-refractivity contribution is 9.10. The molecule has 0 heterocycles. The van der Waals surface area contributed by atoms with E-state index in [0.717, 1.165) is 29.8 Å². The van der Waals surface area contributed by atoms with E-state index in [1.165, 1.54) is 5.56 Å². The lowest BCUT2D eigenvalue weighted by Gasteiger charge is -2.08. The monoisotopic (exact) mass is 402 g/mol. The normalized spacial score (nSPS) is 11.2. The summed E-state index contributed by atoms with van der Waals surface area (Å²) in [6, 6.07) is 16.8. The first-order valence-electron chi connectivity index (χ1n) is 7.98. The van der Waals surface area contributed by atoms with Crippen molar-refractivity contribution < 1.29 is 19.4 Å². The molecular formula is C20H19BrO4. The molecule has 0 aromatic heterocycles. The molecule has 0 amide bonds. The number of rotatable bonds is 8. The van der Waals surface area contributed by atoms with Gasteiger partial charge in [-0.3, -0.25) is 0 Å². The van der Waals surface area contributed by atoms with Crippen LogP contribution in [0.5, 0.6) is 0 Å². The molecule has 0 unspecified atom stereocenters. The van der Waals surface area contributed by atoms with Gasteiger partial charge in [-0.1, -0.05) is 58.4 Å². The fraction of sp³-hybridized carbons (Fsp3) is 0.200. The van der Waals surface area contributed by atoms with Crippen LogP contribution in [0.2, 0.25) is 0 Å². The van der Waals surface area contributed by atoms with E-state index >= 15 is 0 Å². The van der Waals surface area contributed by atoms with Gasteiger partial charge in [0.25, 0.3) is 0 Å². The third-order valence-electron chi connectivity index (χ3n) is 3.58. The first-order valence-corrected chi connectivity index (χ1v) is 8.77. The zero-order valence-corrected chi connectivity index (χ0v) is 15.2. The van der Waals surface area contributed by atoms with Crippen molar-refractivity contribution in [2.45, 2.75) is 19.3 Å². The highest BCUT2D eigenvalue weighted by Gasteiger charge is 2.15. The van der Waals surface area contributed by atoms with Gasteiger partial charge in [0, 0.05) is 10.5 Å². The van der Waals surface area contributed by atoms with Gasteiger partial charge in [-0.25, -0.2) is 9.59 Å². The molecule has 0 spiro atoms. The molecule has 0 bridgehead atoms. The maximum absolute atomic E-state index is 12.2. The summed E-state index contributed by atoms with van der Waals surface area (Å²) in [5, 5.41) is 8.96. The average molecular weight is 403 g/mol. The summed E-state index contributed by atoms with van der Waals surface area (Å²) in [6.07, 6.45) is 3.40. The summed E-state index contributed by atoms with van der Waals surface area (Å²) in [6.45, 7) is 0.263. The summed E-state index contributed by atoms with van der Waals surface area (Å²) in [4.78, 5) is 23.1. The van der Waals surface area contributed by atoms with Crippen LogP contribution in [0.25, 0.3) is 5.57 Å². The number of carboxylic acids is 1. The number of esters is 1. The number of aliphatic carboxylic acids is 1. The van der Waals surface area contributed by atoms with Crippen LogP contribution < -0.4 is 0 Å². The Kier molecular flexibility index (Phi) is 7.41. The number of hydrogen-bond donors (Lipinski definition) is 1. The van der Waals surface area contributed by atoms with E-state index in [0.29, 0.717) is 5.56 Å². The van der Waals surface area contributed by atoms with Gasteiger partial charge in [0.1, 0.15) is 0 Å². The minimum Gasteiger partial charge on any atom is -0.478 e. The first kappa shape index (κ1) is 18.9. The summed E-state index contributed by atoms with van der Waals surface area (Å²) >= 11 is 3.40. The molecule has 0 atom stereocenters. The van der Waals surface area contributed by atoms with Crippen molar-refractivity contribution >= 4 is 33.4 Å². The van der Waals surface area contributed by atoms with Crippen molar-refractivity contribution in [2.75, 3.05) is 6.61 Å². The van der Waals surface area contributed by atoms with Crippen LogP contribution in [0.1, 0.15) is 24.0 Å². The smallest absolute Gasteiger partial charge is 0.339 e. The quantitative estimate of drug-likeness (QED) is 0.401. The Bertz CT molecular complexity index is 736. The van der Waals surface area contributed by atoms with Crippen LogP contribution in [0.15, 0.2) is 65.1 Å². The van der Waals surface area contributed by atoms with Crippen molar-refractivity contribution in [1.29, 1.82) is 0 Å². The number of benzene rings is 2. The molecule has 0 aliphatic carbocycles. The van der Waals surface area contributed by atoms with Crippen molar-refractivity contribution in [3.05, 3.63) is 76.3 Å².